The third kappa shape index (κ3) is 6.91. The van der Waals surface area contributed by atoms with Gasteiger partial charge in [-0.3, -0.25) is 14.8 Å². The van der Waals surface area contributed by atoms with Crippen molar-refractivity contribution in [3.8, 4) is 11.8 Å². The van der Waals surface area contributed by atoms with Crippen molar-refractivity contribution in [1.82, 2.24) is 10.8 Å². The van der Waals surface area contributed by atoms with Crippen molar-refractivity contribution in [3.63, 3.8) is 0 Å². The number of alkyl halides is 2. The van der Waals surface area contributed by atoms with E-state index in [0.717, 1.165) is 12.8 Å². The molecule has 2 amide bonds. The van der Waals surface area contributed by atoms with E-state index in [1.54, 1.807) is 12.1 Å². The first-order valence-electron chi connectivity index (χ1n) is 9.20. The minimum absolute atomic E-state index is 0.0809. The Morgan fingerprint density at radius 3 is 2.30 bits per heavy atom. The van der Waals surface area contributed by atoms with E-state index in [4.69, 9.17) is 9.94 Å². The molecule has 1 saturated heterocycles. The van der Waals surface area contributed by atoms with E-state index in [-0.39, 0.29) is 11.5 Å². The molecule has 30 heavy (non-hydrogen) atoms. The lowest BCUT2D eigenvalue weighted by Crippen LogP contribution is -2.61. The van der Waals surface area contributed by atoms with Crippen LogP contribution in [0, 0.1) is 17.8 Å². The number of nitrogens with one attached hydrogen (secondary N) is 2. The highest BCUT2D eigenvalue weighted by Gasteiger charge is 2.46. The van der Waals surface area contributed by atoms with Gasteiger partial charge in [0.05, 0.1) is 0 Å². The van der Waals surface area contributed by atoms with Gasteiger partial charge in [-0.2, -0.15) is 0 Å². The Hall–Kier alpha value is -2.80. The number of benzene rings is 1. The van der Waals surface area contributed by atoms with Gasteiger partial charge in [-0.1, -0.05) is 11.8 Å². The van der Waals surface area contributed by atoms with E-state index in [2.05, 4.69) is 25.0 Å². The monoisotopic (exact) mass is 424 g/mol. The summed E-state index contributed by atoms with van der Waals surface area (Å²) in [5.41, 5.74) is -0.957. The number of carbonyl (C=O) groups is 2. The molecule has 0 aromatic heterocycles. The average molecular weight is 424 g/mol. The number of aliphatic hydroxyl groups is 1. The zero-order valence-corrected chi connectivity index (χ0v) is 16.7. The van der Waals surface area contributed by atoms with E-state index < -0.39 is 29.9 Å². The molecule has 0 bridgehead atoms. The van der Waals surface area contributed by atoms with Crippen molar-refractivity contribution >= 4 is 11.8 Å². The molecular formula is C21H26F2N2O5. The molecule has 1 aromatic carbocycles. The zero-order chi connectivity index (χ0) is 22.7. The largest absolute Gasteiger partial charge is 0.381 e. The predicted octanol–water partition coefficient (Wildman–Crippen LogP) is 1.89. The Labute approximate surface area is 174 Å². The maximum atomic E-state index is 13.0. The fourth-order valence-electron chi connectivity index (χ4n) is 2.61. The van der Waals surface area contributed by atoms with Crippen LogP contribution in [0.5, 0.6) is 0 Å². The molecule has 0 spiro atoms. The van der Waals surface area contributed by atoms with Gasteiger partial charge >= 0.3 is 0 Å². The fourth-order valence-corrected chi connectivity index (χ4v) is 2.61. The normalized spacial score (nSPS) is 16.7. The Morgan fingerprint density at radius 1 is 1.23 bits per heavy atom. The van der Waals surface area contributed by atoms with E-state index >= 15 is 0 Å². The average Bonchev–Trinajstić information content (AvgIpc) is 2.77. The second-order valence-corrected chi connectivity index (χ2v) is 6.64. The standard InChI is InChI=1S/C19H22F2N2O5.C2H4/c1-19(26,18(20)21)15(17(25)23-27)22-16(24)14-6-4-12(5-7-14)2-3-13-8-10-28-11-9-13;1-2/h4-7,13,15,18,26-27H,8-11H2,1H3,(H,22,24)(H,23,25);1-2H2. The lowest BCUT2D eigenvalue weighted by Gasteiger charge is -2.30. The van der Waals surface area contributed by atoms with Crippen LogP contribution in [0.2, 0.25) is 0 Å². The number of hydroxylamine groups is 1. The maximum absolute atomic E-state index is 13.0. The third-order valence-electron chi connectivity index (χ3n) is 4.46. The maximum Gasteiger partial charge on any atom is 0.269 e. The molecule has 0 radical (unpaired) electrons. The summed E-state index contributed by atoms with van der Waals surface area (Å²) in [6.07, 6.45) is -1.60. The first-order chi connectivity index (χ1) is 14.3. The highest BCUT2D eigenvalue weighted by Crippen LogP contribution is 2.20. The van der Waals surface area contributed by atoms with Crippen molar-refractivity contribution in [1.29, 1.82) is 0 Å². The summed E-state index contributed by atoms with van der Waals surface area (Å²) in [5.74, 6) is 4.19. The molecule has 164 valence electrons. The fraction of sp³-hybridized carbons (Fsp3) is 0.429. The van der Waals surface area contributed by atoms with Crippen molar-refractivity contribution in [2.24, 2.45) is 5.92 Å². The molecule has 1 fully saturated rings. The summed E-state index contributed by atoms with van der Waals surface area (Å²) in [7, 11) is 0. The summed E-state index contributed by atoms with van der Waals surface area (Å²) in [6.45, 7) is 8.06. The summed E-state index contributed by atoms with van der Waals surface area (Å²) < 4.78 is 31.3. The second kappa shape index (κ2) is 12.0. The van der Waals surface area contributed by atoms with Gasteiger partial charge in [-0.05, 0) is 44.0 Å². The highest BCUT2D eigenvalue weighted by molar-refractivity contribution is 5.97. The molecule has 9 heteroatoms. The Balaban J connectivity index is 0.00000218. The quantitative estimate of drug-likeness (QED) is 0.250. The lowest BCUT2D eigenvalue weighted by molar-refractivity contribution is -0.149. The van der Waals surface area contributed by atoms with Gasteiger partial charge in [0.25, 0.3) is 18.2 Å². The molecule has 2 rings (SSSR count). The Kier molecular flexibility index (Phi) is 10.1. The van der Waals surface area contributed by atoms with Gasteiger partial charge in [-0.25, -0.2) is 14.3 Å². The summed E-state index contributed by atoms with van der Waals surface area (Å²) in [6, 6.07) is 3.97. The second-order valence-electron chi connectivity index (χ2n) is 6.64. The number of hydrogen-bond acceptors (Lipinski definition) is 5. The zero-order valence-electron chi connectivity index (χ0n) is 16.7. The lowest BCUT2D eigenvalue weighted by atomic mass is 9.95. The number of hydrogen-bond donors (Lipinski definition) is 4. The van der Waals surface area contributed by atoms with Crippen LogP contribution in [-0.2, 0) is 9.53 Å². The SMILES string of the molecule is C=C.CC(O)(C(F)F)C(NC(=O)c1ccc(C#CC2CCOCC2)cc1)C(=O)NO. The number of halogens is 2. The number of rotatable bonds is 5. The smallest absolute Gasteiger partial charge is 0.269 e. The van der Waals surface area contributed by atoms with Gasteiger partial charge in [0.15, 0.2) is 5.60 Å². The van der Waals surface area contributed by atoms with Crippen LogP contribution >= 0.6 is 0 Å². The van der Waals surface area contributed by atoms with Crippen LogP contribution in [0.3, 0.4) is 0 Å². The third-order valence-corrected chi connectivity index (χ3v) is 4.46. The van der Waals surface area contributed by atoms with Gasteiger partial charge in [-0.15, -0.1) is 13.2 Å². The van der Waals surface area contributed by atoms with Crippen LogP contribution in [0.25, 0.3) is 0 Å². The van der Waals surface area contributed by atoms with Crippen LogP contribution in [0.15, 0.2) is 37.4 Å². The molecule has 1 aromatic rings. The summed E-state index contributed by atoms with van der Waals surface area (Å²) >= 11 is 0. The molecule has 1 aliphatic rings. The predicted molar refractivity (Wildman–Crippen MR) is 106 cm³/mol. The molecule has 7 nitrogen and oxygen atoms in total. The molecule has 1 aliphatic heterocycles. The van der Waals surface area contributed by atoms with Crippen LogP contribution < -0.4 is 10.8 Å². The molecular weight excluding hydrogens is 398 g/mol. The molecule has 1 heterocycles. The van der Waals surface area contributed by atoms with Crippen molar-refractivity contribution < 1.29 is 33.4 Å². The molecule has 0 saturated carbocycles. The van der Waals surface area contributed by atoms with Crippen molar-refractivity contribution in [2.45, 2.75) is 37.8 Å². The highest BCUT2D eigenvalue weighted by atomic mass is 19.3. The molecule has 4 N–H and O–H groups in total. The molecule has 2 unspecified atom stereocenters. The van der Waals surface area contributed by atoms with Crippen molar-refractivity contribution in [3.05, 3.63) is 48.6 Å². The summed E-state index contributed by atoms with van der Waals surface area (Å²) in [5, 5.41) is 20.5. The van der Waals surface area contributed by atoms with Crippen LogP contribution in [0.1, 0.15) is 35.7 Å². The van der Waals surface area contributed by atoms with Gasteiger partial charge < -0.3 is 15.2 Å². The molecule has 2 atom stereocenters. The van der Waals surface area contributed by atoms with E-state index in [0.29, 0.717) is 25.7 Å². The van der Waals surface area contributed by atoms with Crippen LogP contribution in [0.4, 0.5) is 8.78 Å². The van der Waals surface area contributed by atoms with Gasteiger partial charge in [0, 0.05) is 30.3 Å². The Morgan fingerprint density at radius 2 is 1.80 bits per heavy atom. The van der Waals surface area contributed by atoms with Crippen molar-refractivity contribution in [2.75, 3.05) is 13.2 Å². The van der Waals surface area contributed by atoms with E-state index in [1.807, 2.05) is 5.32 Å². The van der Waals surface area contributed by atoms with Gasteiger partial charge in [0.1, 0.15) is 6.04 Å². The van der Waals surface area contributed by atoms with E-state index in [9.17, 15) is 23.5 Å². The minimum atomic E-state index is -3.34. The Bertz CT molecular complexity index is 766. The first-order valence-corrected chi connectivity index (χ1v) is 9.20. The summed E-state index contributed by atoms with van der Waals surface area (Å²) in [4.78, 5) is 23.9. The van der Waals surface area contributed by atoms with Crippen LogP contribution in [-0.4, -0.2) is 53.4 Å². The number of carbonyl (C=O) groups excluding carboxylic acids is 2. The molecule has 0 aliphatic carbocycles. The van der Waals surface area contributed by atoms with Gasteiger partial charge in [0.2, 0.25) is 0 Å². The topological polar surface area (TPSA) is 108 Å². The number of amides is 2. The first kappa shape index (κ1) is 25.2. The van der Waals surface area contributed by atoms with E-state index in [1.165, 1.54) is 17.6 Å². The minimum Gasteiger partial charge on any atom is -0.381 e. The number of ether oxygens (including phenoxy) is 1.